The molecule has 0 amide bonds. The molecule has 4 rings (SSSR count). The quantitative estimate of drug-likeness (QED) is 0.0283. The Morgan fingerprint density at radius 2 is 1.04 bits per heavy atom. The number of azide groups is 1. The molecule has 0 spiro atoms. The number of aldehydes is 1. The van der Waals surface area contributed by atoms with E-state index in [0.717, 1.165) is 72.9 Å². The topological polar surface area (TPSA) is 153 Å². The number of rotatable bonds is 20. The van der Waals surface area contributed by atoms with Crippen molar-refractivity contribution < 1.29 is 24.9 Å². The lowest BCUT2D eigenvalue weighted by Gasteiger charge is -2.25. The Balaban J connectivity index is 1.36. The van der Waals surface area contributed by atoms with Crippen LogP contribution in [0.1, 0.15) is 63.9 Å². The van der Waals surface area contributed by atoms with E-state index in [0.29, 0.717) is 49.2 Å². The predicted molar refractivity (Wildman–Crippen MR) is 190 cm³/mol. The highest BCUT2D eigenvalue weighted by Gasteiger charge is 2.19. The van der Waals surface area contributed by atoms with E-state index in [1.54, 1.807) is 24.3 Å². The molecule has 0 radical (unpaired) electrons. The number of hydrogen-bond donors (Lipinski definition) is 4. The molecule has 0 unspecified atom stereocenters. The molecule has 248 valence electrons. The van der Waals surface area contributed by atoms with Gasteiger partial charge in [-0.15, -0.1) is 0 Å². The number of carbonyl (C=O) groups is 1. The molecule has 0 aliphatic carbocycles. The second-order valence-corrected chi connectivity index (χ2v) is 12.0. The van der Waals surface area contributed by atoms with Gasteiger partial charge in [-0.1, -0.05) is 115 Å². The molecule has 0 aromatic heterocycles. The predicted octanol–water partition coefficient (Wildman–Crippen LogP) is 3.93. The highest BCUT2D eigenvalue weighted by Crippen LogP contribution is 2.16. The van der Waals surface area contributed by atoms with Crippen LogP contribution in [0.3, 0.4) is 0 Å². The Morgan fingerprint density at radius 1 is 0.604 bits per heavy atom. The van der Waals surface area contributed by atoms with Crippen molar-refractivity contribution >= 4 is 31.4 Å². The minimum absolute atomic E-state index is 0.308. The summed E-state index contributed by atoms with van der Waals surface area (Å²) < 4.78 is 0. The average Bonchev–Trinajstić information content (AvgIpc) is 3.10. The number of nitrogens with zero attached hydrogens (tertiary/aromatic N) is 5. The molecule has 0 heterocycles. The Labute approximate surface area is 283 Å². The molecule has 48 heavy (non-hydrogen) atoms. The van der Waals surface area contributed by atoms with E-state index in [1.165, 1.54) is 0 Å². The van der Waals surface area contributed by atoms with Crippen LogP contribution < -0.4 is 10.9 Å². The summed E-state index contributed by atoms with van der Waals surface area (Å²) in [5, 5.41) is 43.3. The summed E-state index contributed by atoms with van der Waals surface area (Å²) in [6.45, 7) is 4.44. The molecule has 0 fully saturated rings. The molecule has 12 heteroatoms. The second kappa shape index (κ2) is 19.5. The Morgan fingerprint density at radius 3 is 1.48 bits per heavy atom. The van der Waals surface area contributed by atoms with Crippen LogP contribution in [-0.2, 0) is 32.7 Å². The summed E-state index contributed by atoms with van der Waals surface area (Å²) in [6, 6.07) is 30.3. The number of benzene rings is 4. The Bertz CT molecular complexity index is 1620. The highest BCUT2D eigenvalue weighted by atomic mass is 16.4. The van der Waals surface area contributed by atoms with Gasteiger partial charge >= 0.3 is 14.2 Å². The van der Waals surface area contributed by atoms with Gasteiger partial charge < -0.3 is 20.1 Å². The van der Waals surface area contributed by atoms with Crippen molar-refractivity contribution in [2.75, 3.05) is 13.1 Å². The minimum Gasteiger partial charge on any atom is -0.423 e. The Kier molecular flexibility index (Phi) is 14.9. The van der Waals surface area contributed by atoms with Gasteiger partial charge in [0.1, 0.15) is 6.29 Å². The maximum Gasteiger partial charge on any atom is 0.488 e. The summed E-state index contributed by atoms with van der Waals surface area (Å²) in [5.41, 5.74) is 15.1. The molecule has 4 N–H and O–H groups in total. The molecular weight excluding hydrogens is 604 g/mol. The first-order valence-corrected chi connectivity index (χ1v) is 16.3. The molecule has 10 nitrogen and oxygen atoms in total. The van der Waals surface area contributed by atoms with Crippen molar-refractivity contribution in [1.82, 2.24) is 9.80 Å². The van der Waals surface area contributed by atoms with Crippen LogP contribution >= 0.6 is 0 Å². The lowest BCUT2D eigenvalue weighted by Crippen LogP contribution is -2.36. The van der Waals surface area contributed by atoms with Crippen LogP contribution in [0.4, 0.5) is 0 Å². The molecule has 0 bridgehead atoms. The van der Waals surface area contributed by atoms with E-state index in [2.05, 4.69) is 19.8 Å². The Hall–Kier alpha value is -4.25. The van der Waals surface area contributed by atoms with Gasteiger partial charge in [0.05, 0.1) is 6.54 Å². The zero-order chi connectivity index (χ0) is 34.1. The van der Waals surface area contributed by atoms with Crippen molar-refractivity contribution in [2.24, 2.45) is 5.11 Å². The fourth-order valence-electron chi connectivity index (χ4n) is 5.88. The van der Waals surface area contributed by atoms with E-state index in [1.807, 2.05) is 72.8 Å². The van der Waals surface area contributed by atoms with E-state index in [9.17, 15) is 24.9 Å². The van der Waals surface area contributed by atoms with Crippen LogP contribution in [0.25, 0.3) is 10.4 Å². The van der Waals surface area contributed by atoms with Gasteiger partial charge in [-0.2, -0.15) is 0 Å². The van der Waals surface area contributed by atoms with Gasteiger partial charge in [-0.05, 0) is 70.2 Å². The molecule has 0 saturated heterocycles. The van der Waals surface area contributed by atoms with Crippen LogP contribution in [0, 0.1) is 0 Å². The third kappa shape index (κ3) is 11.8. The minimum atomic E-state index is -1.54. The van der Waals surface area contributed by atoms with Gasteiger partial charge in [-0.25, -0.2) is 0 Å². The maximum absolute atomic E-state index is 11.1. The van der Waals surface area contributed by atoms with Crippen LogP contribution in [0.2, 0.25) is 0 Å². The molecule has 4 aromatic rings. The van der Waals surface area contributed by atoms with Crippen molar-refractivity contribution in [3.63, 3.8) is 0 Å². The molecule has 0 aliphatic rings. The highest BCUT2D eigenvalue weighted by molar-refractivity contribution is 6.59. The number of unbranched alkanes of at least 4 members (excludes halogenated alkanes) is 3. The molecule has 4 aromatic carbocycles. The average molecular weight is 647 g/mol. The fraction of sp³-hybridized carbons (Fsp3) is 0.306. The standard InChI is InChI=1S/C36H43B2N5O5/c39-41-40-23-29-13-15-30(16-14-29)24-42(26-33-9-3-5-11-35(33)37(45)46)21-7-1-2-8-22-43(25-31-17-19-32(28-44)20-18-31)27-34-10-4-6-12-36(34)38(47)48/h3-6,9-20,28,45-48H,1-2,7-8,21-27H2. The monoisotopic (exact) mass is 647 g/mol. The van der Waals surface area contributed by atoms with Gasteiger partial charge in [0, 0.05) is 36.7 Å². The van der Waals surface area contributed by atoms with Crippen molar-refractivity contribution in [3.8, 4) is 0 Å². The van der Waals surface area contributed by atoms with Gasteiger partial charge in [-0.3, -0.25) is 14.6 Å². The van der Waals surface area contributed by atoms with Crippen LogP contribution in [0.15, 0.2) is 102 Å². The van der Waals surface area contributed by atoms with Crippen molar-refractivity contribution in [1.29, 1.82) is 0 Å². The molecule has 0 aliphatic heterocycles. The van der Waals surface area contributed by atoms with Gasteiger partial charge in [0.2, 0.25) is 0 Å². The third-order valence-electron chi connectivity index (χ3n) is 8.42. The molecular formula is C36H43B2N5O5. The zero-order valence-electron chi connectivity index (χ0n) is 27.2. The van der Waals surface area contributed by atoms with E-state index in [-0.39, 0.29) is 0 Å². The van der Waals surface area contributed by atoms with Crippen LogP contribution in [0.5, 0.6) is 0 Å². The third-order valence-corrected chi connectivity index (χ3v) is 8.42. The van der Waals surface area contributed by atoms with E-state index >= 15 is 0 Å². The summed E-state index contributed by atoms with van der Waals surface area (Å²) >= 11 is 0. The number of carbonyl (C=O) groups excluding carboxylic acids is 1. The normalized spacial score (nSPS) is 11.0. The molecule has 0 saturated carbocycles. The summed E-state index contributed by atoms with van der Waals surface area (Å²) in [5.74, 6) is 0. The zero-order valence-corrected chi connectivity index (χ0v) is 27.2. The van der Waals surface area contributed by atoms with Gasteiger partial charge in [0.25, 0.3) is 0 Å². The summed E-state index contributed by atoms with van der Waals surface area (Å²) in [7, 11) is -3.08. The smallest absolute Gasteiger partial charge is 0.423 e. The lowest BCUT2D eigenvalue weighted by atomic mass is 9.77. The van der Waals surface area contributed by atoms with Gasteiger partial charge in [0.15, 0.2) is 0 Å². The fourth-order valence-corrected chi connectivity index (χ4v) is 5.88. The summed E-state index contributed by atoms with van der Waals surface area (Å²) in [4.78, 5) is 18.6. The largest absolute Gasteiger partial charge is 0.488 e. The first-order valence-electron chi connectivity index (χ1n) is 16.3. The van der Waals surface area contributed by atoms with Crippen LogP contribution in [-0.4, -0.2) is 63.5 Å². The van der Waals surface area contributed by atoms with E-state index < -0.39 is 14.2 Å². The van der Waals surface area contributed by atoms with E-state index in [4.69, 9.17) is 5.53 Å². The first kappa shape index (κ1) is 36.6. The van der Waals surface area contributed by atoms with Crippen molar-refractivity contribution in [2.45, 2.75) is 58.4 Å². The summed E-state index contributed by atoms with van der Waals surface area (Å²) in [6.07, 6.45) is 4.78. The number of hydrogen-bond acceptors (Lipinski definition) is 8. The lowest BCUT2D eigenvalue weighted by molar-refractivity contribution is 0.112. The first-order chi connectivity index (χ1) is 23.4. The maximum atomic E-state index is 11.1. The second-order valence-electron chi connectivity index (χ2n) is 12.0. The SMILES string of the molecule is [N-]=[N+]=NCc1ccc(CN(CCCCCCN(Cc2ccc(C=O)cc2)Cc2ccccc2B(O)O)Cc2ccccc2B(O)O)cc1. The molecule has 0 atom stereocenters. The van der Waals surface area contributed by atoms with Crippen molar-refractivity contribution in [3.05, 3.63) is 141 Å².